The highest BCUT2D eigenvalue weighted by atomic mass is 19.1. The molecule has 0 radical (unpaired) electrons. The van der Waals surface area contributed by atoms with E-state index in [0.717, 1.165) is 6.54 Å². The first-order chi connectivity index (χ1) is 6.56. The van der Waals surface area contributed by atoms with Crippen LogP contribution in [0, 0.1) is 11.3 Å². The molecule has 1 fully saturated rings. The summed E-state index contributed by atoms with van der Waals surface area (Å²) in [6, 6.07) is 1.87. The molecule has 1 heterocycles. The number of nitriles is 1. The minimum absolute atomic E-state index is 0.00847. The summed E-state index contributed by atoms with van der Waals surface area (Å²) in [6.45, 7) is 6.11. The van der Waals surface area contributed by atoms with Crippen molar-refractivity contribution in [1.82, 2.24) is 4.90 Å². The maximum Gasteiger partial charge on any atom is 0.149 e. The molecule has 0 spiro atoms. The molecule has 0 saturated carbocycles. The molecule has 0 bridgehead atoms. The molecule has 0 atom stereocenters. The SMILES string of the molecule is CC(C)OCCN1CC(F)(CC#N)C1. The van der Waals surface area contributed by atoms with Crippen LogP contribution in [0.1, 0.15) is 20.3 Å². The van der Waals surface area contributed by atoms with Crippen molar-refractivity contribution in [2.24, 2.45) is 0 Å². The summed E-state index contributed by atoms with van der Waals surface area (Å²) in [7, 11) is 0. The third-order valence-electron chi connectivity index (χ3n) is 2.27. The Kier molecular flexibility index (Phi) is 3.85. The van der Waals surface area contributed by atoms with Crippen molar-refractivity contribution in [3.63, 3.8) is 0 Å². The van der Waals surface area contributed by atoms with Gasteiger partial charge in [-0.25, -0.2) is 4.39 Å². The van der Waals surface area contributed by atoms with E-state index < -0.39 is 5.67 Å². The molecule has 80 valence electrons. The molecule has 1 aliphatic heterocycles. The van der Waals surface area contributed by atoms with E-state index in [1.165, 1.54) is 0 Å². The zero-order valence-corrected chi connectivity index (χ0v) is 8.79. The fraction of sp³-hybridized carbons (Fsp3) is 0.900. The lowest BCUT2D eigenvalue weighted by Crippen LogP contribution is -2.59. The van der Waals surface area contributed by atoms with Crippen LogP contribution in [-0.2, 0) is 4.74 Å². The molecule has 0 unspecified atom stereocenters. The van der Waals surface area contributed by atoms with Gasteiger partial charge in [0.25, 0.3) is 0 Å². The van der Waals surface area contributed by atoms with Gasteiger partial charge in [-0.1, -0.05) is 0 Å². The number of hydrogen-bond acceptors (Lipinski definition) is 3. The third kappa shape index (κ3) is 3.24. The van der Waals surface area contributed by atoms with Crippen molar-refractivity contribution < 1.29 is 9.13 Å². The number of halogens is 1. The van der Waals surface area contributed by atoms with Crippen LogP contribution in [-0.4, -0.2) is 42.9 Å². The maximum absolute atomic E-state index is 13.4. The van der Waals surface area contributed by atoms with Crippen LogP contribution in [0.25, 0.3) is 0 Å². The lowest BCUT2D eigenvalue weighted by atomic mass is 9.93. The first-order valence-electron chi connectivity index (χ1n) is 4.95. The van der Waals surface area contributed by atoms with Gasteiger partial charge in [-0.2, -0.15) is 5.26 Å². The zero-order chi connectivity index (χ0) is 10.6. The maximum atomic E-state index is 13.4. The molecular formula is C10H17FN2O. The molecule has 14 heavy (non-hydrogen) atoms. The number of hydrogen-bond donors (Lipinski definition) is 0. The lowest BCUT2D eigenvalue weighted by Gasteiger charge is -2.43. The number of rotatable bonds is 5. The highest BCUT2D eigenvalue weighted by molar-refractivity contribution is 5.01. The molecule has 3 nitrogen and oxygen atoms in total. The van der Waals surface area contributed by atoms with Gasteiger partial charge in [0.05, 0.1) is 25.2 Å². The quantitative estimate of drug-likeness (QED) is 0.672. The van der Waals surface area contributed by atoms with Crippen LogP contribution in [0.15, 0.2) is 0 Å². The second-order valence-electron chi connectivity index (χ2n) is 4.12. The van der Waals surface area contributed by atoms with E-state index in [1.54, 1.807) is 0 Å². The molecule has 1 saturated heterocycles. The van der Waals surface area contributed by atoms with Gasteiger partial charge in [0.1, 0.15) is 5.67 Å². The number of ether oxygens (including phenoxy) is 1. The molecule has 0 aromatic heterocycles. The topological polar surface area (TPSA) is 36.3 Å². The van der Waals surface area contributed by atoms with Gasteiger partial charge in [-0.3, -0.25) is 4.90 Å². The Morgan fingerprint density at radius 3 is 2.71 bits per heavy atom. The first kappa shape index (κ1) is 11.4. The molecule has 0 amide bonds. The van der Waals surface area contributed by atoms with Gasteiger partial charge < -0.3 is 4.74 Å². The van der Waals surface area contributed by atoms with Crippen molar-refractivity contribution >= 4 is 0 Å². The Hall–Kier alpha value is -0.660. The standard InChI is InChI=1S/C10H17FN2O/c1-9(2)14-6-5-13-7-10(11,8-13)3-4-12/h9H,3,5-8H2,1-2H3. The Morgan fingerprint density at radius 2 is 2.21 bits per heavy atom. The summed E-state index contributed by atoms with van der Waals surface area (Å²) < 4.78 is 18.8. The van der Waals surface area contributed by atoms with E-state index in [2.05, 4.69) is 0 Å². The summed E-state index contributed by atoms with van der Waals surface area (Å²) in [4.78, 5) is 1.97. The highest BCUT2D eigenvalue weighted by Crippen LogP contribution is 2.27. The normalized spacial score (nSPS) is 20.5. The Labute approximate surface area is 84.4 Å². The van der Waals surface area contributed by atoms with Crippen LogP contribution < -0.4 is 0 Å². The van der Waals surface area contributed by atoms with E-state index in [9.17, 15) is 4.39 Å². The van der Waals surface area contributed by atoms with Crippen LogP contribution in [0.5, 0.6) is 0 Å². The van der Waals surface area contributed by atoms with E-state index in [4.69, 9.17) is 10.00 Å². The second-order valence-corrected chi connectivity index (χ2v) is 4.12. The fourth-order valence-corrected chi connectivity index (χ4v) is 1.58. The average Bonchev–Trinajstić information content (AvgIpc) is 2.01. The summed E-state index contributed by atoms with van der Waals surface area (Å²) in [5.74, 6) is 0. The van der Waals surface area contributed by atoms with Crippen molar-refractivity contribution in [2.75, 3.05) is 26.2 Å². The van der Waals surface area contributed by atoms with Crippen molar-refractivity contribution in [1.29, 1.82) is 5.26 Å². The second kappa shape index (κ2) is 4.72. The van der Waals surface area contributed by atoms with Gasteiger partial charge >= 0.3 is 0 Å². The molecule has 1 rings (SSSR count). The molecule has 0 N–H and O–H groups in total. The van der Waals surface area contributed by atoms with Crippen LogP contribution >= 0.6 is 0 Å². The van der Waals surface area contributed by atoms with Crippen molar-refractivity contribution in [3.05, 3.63) is 0 Å². The molecule has 0 aromatic rings. The van der Waals surface area contributed by atoms with E-state index >= 15 is 0 Å². The van der Waals surface area contributed by atoms with Crippen LogP contribution in [0.3, 0.4) is 0 Å². The molecular weight excluding hydrogens is 183 g/mol. The van der Waals surface area contributed by atoms with Crippen molar-refractivity contribution in [3.8, 4) is 6.07 Å². The predicted molar refractivity (Wildman–Crippen MR) is 51.6 cm³/mol. The smallest absolute Gasteiger partial charge is 0.149 e. The molecule has 1 aliphatic rings. The lowest BCUT2D eigenvalue weighted by molar-refractivity contribution is -0.0467. The van der Waals surface area contributed by atoms with Crippen molar-refractivity contribution in [2.45, 2.75) is 32.0 Å². The van der Waals surface area contributed by atoms with Gasteiger partial charge in [0.15, 0.2) is 0 Å². The number of likely N-dealkylation sites (tertiary alicyclic amines) is 1. The molecule has 0 aliphatic carbocycles. The summed E-state index contributed by atoms with van der Waals surface area (Å²) in [6.07, 6.45) is 0.236. The first-order valence-corrected chi connectivity index (χ1v) is 4.95. The minimum Gasteiger partial charge on any atom is -0.377 e. The van der Waals surface area contributed by atoms with Crippen LogP contribution in [0.4, 0.5) is 4.39 Å². The average molecular weight is 200 g/mol. The summed E-state index contributed by atoms with van der Waals surface area (Å²) in [5.41, 5.74) is -1.26. The highest BCUT2D eigenvalue weighted by Gasteiger charge is 2.42. The predicted octanol–water partition coefficient (Wildman–Crippen LogP) is 1.35. The largest absolute Gasteiger partial charge is 0.377 e. The Bertz CT molecular complexity index is 219. The Morgan fingerprint density at radius 1 is 1.57 bits per heavy atom. The fourth-order valence-electron chi connectivity index (χ4n) is 1.58. The van der Waals surface area contributed by atoms with Crippen LogP contribution in [0.2, 0.25) is 0 Å². The summed E-state index contributed by atoms with van der Waals surface area (Å²) in [5, 5.41) is 8.37. The van der Waals surface area contributed by atoms with Gasteiger partial charge in [-0.05, 0) is 13.8 Å². The third-order valence-corrected chi connectivity index (χ3v) is 2.27. The number of nitrogens with zero attached hydrogens (tertiary/aromatic N) is 2. The van der Waals surface area contributed by atoms with Gasteiger partial charge in [0, 0.05) is 19.6 Å². The zero-order valence-electron chi connectivity index (χ0n) is 8.79. The number of alkyl halides is 1. The van der Waals surface area contributed by atoms with Gasteiger partial charge in [-0.15, -0.1) is 0 Å². The molecule has 4 heteroatoms. The van der Waals surface area contributed by atoms with E-state index in [0.29, 0.717) is 19.7 Å². The summed E-state index contributed by atoms with van der Waals surface area (Å²) >= 11 is 0. The molecule has 0 aromatic carbocycles. The van der Waals surface area contributed by atoms with E-state index in [-0.39, 0.29) is 12.5 Å². The Balaban J connectivity index is 2.07. The van der Waals surface area contributed by atoms with Gasteiger partial charge in [0.2, 0.25) is 0 Å². The van der Waals surface area contributed by atoms with E-state index in [1.807, 2.05) is 24.8 Å². The monoisotopic (exact) mass is 200 g/mol. The minimum atomic E-state index is -1.26.